The van der Waals surface area contributed by atoms with Crippen molar-refractivity contribution >= 4 is 22.8 Å². The SMILES string of the molecule is C[C@@H]1C(NC(=O)c2cc(F)cc3ccn(Cc4ccc(C(F)(F)F)cc4)c23)[C@H](C)C1(C)CC(=O)O. The molecule has 0 aliphatic heterocycles. The molecule has 1 saturated carbocycles. The Balaban J connectivity index is 1.61. The fraction of sp³-hybridized carbons (Fsp3) is 0.385. The maximum Gasteiger partial charge on any atom is 0.416 e. The molecule has 1 aliphatic rings. The molecule has 1 aromatic heterocycles. The summed E-state index contributed by atoms with van der Waals surface area (Å²) in [5, 5.41) is 12.7. The third-order valence-electron chi connectivity index (χ3n) is 7.69. The van der Waals surface area contributed by atoms with Gasteiger partial charge in [0.25, 0.3) is 5.91 Å². The molecule has 2 aromatic carbocycles. The number of nitrogens with zero attached hydrogens (tertiary/aromatic N) is 1. The molecule has 9 heteroatoms. The van der Waals surface area contributed by atoms with Gasteiger partial charge in [-0.2, -0.15) is 13.2 Å². The van der Waals surface area contributed by atoms with E-state index in [0.29, 0.717) is 16.5 Å². The van der Waals surface area contributed by atoms with Crippen LogP contribution in [0, 0.1) is 23.1 Å². The predicted octanol–water partition coefficient (Wildman–Crippen LogP) is 5.71. The number of hydrogen-bond donors (Lipinski definition) is 2. The zero-order chi connectivity index (χ0) is 25.7. The number of carboxylic acids is 1. The monoisotopic (exact) mass is 490 g/mol. The molecule has 1 aliphatic carbocycles. The van der Waals surface area contributed by atoms with Crippen LogP contribution in [0.5, 0.6) is 0 Å². The van der Waals surface area contributed by atoms with Gasteiger partial charge in [-0.25, -0.2) is 4.39 Å². The van der Waals surface area contributed by atoms with E-state index in [1.54, 1.807) is 16.8 Å². The molecular weight excluding hydrogens is 464 g/mol. The average Bonchev–Trinajstić information content (AvgIpc) is 3.17. The number of hydrogen-bond acceptors (Lipinski definition) is 2. The molecule has 0 spiro atoms. The van der Waals surface area contributed by atoms with E-state index in [1.807, 2.05) is 20.8 Å². The van der Waals surface area contributed by atoms with Crippen LogP contribution in [0.2, 0.25) is 0 Å². The van der Waals surface area contributed by atoms with Gasteiger partial charge < -0.3 is 15.0 Å². The van der Waals surface area contributed by atoms with E-state index < -0.39 is 34.8 Å². The van der Waals surface area contributed by atoms with Gasteiger partial charge >= 0.3 is 12.1 Å². The number of carbonyl (C=O) groups is 2. The van der Waals surface area contributed by atoms with E-state index in [4.69, 9.17) is 0 Å². The molecule has 4 rings (SSSR count). The molecule has 0 radical (unpaired) electrons. The molecule has 3 aromatic rings. The van der Waals surface area contributed by atoms with E-state index in [0.717, 1.165) is 18.2 Å². The van der Waals surface area contributed by atoms with Gasteiger partial charge in [0.2, 0.25) is 0 Å². The molecule has 0 bridgehead atoms. The van der Waals surface area contributed by atoms with Crippen LogP contribution in [0.4, 0.5) is 17.6 Å². The molecule has 2 N–H and O–H groups in total. The summed E-state index contributed by atoms with van der Waals surface area (Å²) in [6, 6.07) is 8.57. The van der Waals surface area contributed by atoms with Crippen LogP contribution >= 0.6 is 0 Å². The fourth-order valence-electron chi connectivity index (χ4n) is 5.29. The summed E-state index contributed by atoms with van der Waals surface area (Å²) in [5.41, 5.74) is -0.0415. The molecule has 186 valence electrons. The molecule has 1 amide bonds. The average molecular weight is 490 g/mol. The minimum Gasteiger partial charge on any atom is -0.481 e. The molecule has 1 fully saturated rings. The summed E-state index contributed by atoms with van der Waals surface area (Å²) in [5.74, 6) is -2.16. The molecule has 1 heterocycles. The Morgan fingerprint density at radius 1 is 1.09 bits per heavy atom. The molecule has 2 unspecified atom stereocenters. The van der Waals surface area contributed by atoms with Crippen molar-refractivity contribution in [2.45, 2.75) is 46.0 Å². The Bertz CT molecular complexity index is 1270. The van der Waals surface area contributed by atoms with Crippen LogP contribution in [0.25, 0.3) is 10.9 Å². The quantitative estimate of drug-likeness (QED) is 0.435. The molecule has 0 saturated heterocycles. The lowest BCUT2D eigenvalue weighted by molar-refractivity contribution is -0.148. The highest BCUT2D eigenvalue weighted by molar-refractivity contribution is 6.06. The molecule has 35 heavy (non-hydrogen) atoms. The number of halogens is 4. The van der Waals surface area contributed by atoms with Crippen molar-refractivity contribution in [1.29, 1.82) is 0 Å². The van der Waals surface area contributed by atoms with Crippen LogP contribution in [-0.4, -0.2) is 27.6 Å². The molecule has 5 nitrogen and oxygen atoms in total. The first-order valence-corrected chi connectivity index (χ1v) is 11.3. The number of fused-ring (bicyclic) bond motifs is 1. The first kappa shape index (κ1) is 24.8. The number of aliphatic carboxylic acids is 1. The van der Waals surface area contributed by atoms with E-state index in [9.17, 15) is 32.3 Å². The maximum absolute atomic E-state index is 14.3. The van der Waals surface area contributed by atoms with Gasteiger partial charge in [-0.05, 0) is 53.1 Å². The Hall–Kier alpha value is -3.36. The standard InChI is InChI=1S/C26H26F4N2O3/c1-14-22(15(2)25(14,3)12-21(33)34)31-24(35)20-11-19(27)10-17-8-9-32(23(17)20)13-16-4-6-18(7-5-16)26(28,29)30/h4-11,14-15,22H,12-13H2,1-3H3,(H,31,35)(H,33,34)/t14-,15+,22?,25?. The second kappa shape index (κ2) is 8.70. The first-order valence-electron chi connectivity index (χ1n) is 11.3. The van der Waals surface area contributed by atoms with Crippen molar-refractivity contribution in [3.05, 3.63) is 71.2 Å². The topological polar surface area (TPSA) is 71.3 Å². The Morgan fingerprint density at radius 2 is 1.71 bits per heavy atom. The van der Waals surface area contributed by atoms with Crippen LogP contribution in [-0.2, 0) is 17.5 Å². The lowest BCUT2D eigenvalue weighted by atomic mass is 9.50. The summed E-state index contributed by atoms with van der Waals surface area (Å²) in [6.45, 7) is 5.86. The van der Waals surface area contributed by atoms with Gasteiger partial charge in [0.1, 0.15) is 5.82 Å². The van der Waals surface area contributed by atoms with Crippen LogP contribution in [0.1, 0.15) is 48.7 Å². The van der Waals surface area contributed by atoms with E-state index in [1.165, 1.54) is 18.2 Å². The summed E-state index contributed by atoms with van der Waals surface area (Å²) in [6.07, 6.45) is -2.78. The number of carboxylic acid groups (broad SMARTS) is 1. The van der Waals surface area contributed by atoms with Crippen molar-refractivity contribution < 1.29 is 32.3 Å². The molecular formula is C26H26F4N2O3. The number of benzene rings is 2. The second-order valence-corrected chi connectivity index (χ2v) is 9.68. The Labute approximate surface area is 199 Å². The third kappa shape index (κ3) is 4.51. The second-order valence-electron chi connectivity index (χ2n) is 9.68. The number of rotatable bonds is 6. The van der Waals surface area contributed by atoms with Gasteiger partial charge in [-0.3, -0.25) is 9.59 Å². The smallest absolute Gasteiger partial charge is 0.416 e. The van der Waals surface area contributed by atoms with Crippen molar-refractivity contribution in [3.8, 4) is 0 Å². The van der Waals surface area contributed by atoms with Gasteiger partial charge in [0.15, 0.2) is 0 Å². The van der Waals surface area contributed by atoms with Crippen LogP contribution < -0.4 is 5.32 Å². The zero-order valence-electron chi connectivity index (χ0n) is 19.5. The summed E-state index contributed by atoms with van der Waals surface area (Å²) >= 11 is 0. The van der Waals surface area contributed by atoms with Crippen molar-refractivity contribution in [3.63, 3.8) is 0 Å². The minimum atomic E-state index is -4.43. The highest BCUT2D eigenvalue weighted by atomic mass is 19.4. The van der Waals surface area contributed by atoms with Crippen molar-refractivity contribution in [2.24, 2.45) is 17.3 Å². The lowest BCUT2D eigenvalue weighted by Gasteiger charge is -2.57. The summed E-state index contributed by atoms with van der Waals surface area (Å²) < 4.78 is 54.7. The summed E-state index contributed by atoms with van der Waals surface area (Å²) in [7, 11) is 0. The minimum absolute atomic E-state index is 0.0120. The number of alkyl halides is 3. The lowest BCUT2D eigenvalue weighted by Crippen LogP contribution is -2.64. The third-order valence-corrected chi connectivity index (χ3v) is 7.69. The normalized spacial score (nSPS) is 24.3. The van der Waals surface area contributed by atoms with Crippen molar-refractivity contribution in [1.82, 2.24) is 9.88 Å². The van der Waals surface area contributed by atoms with E-state index in [2.05, 4.69) is 5.32 Å². The molecule has 4 atom stereocenters. The largest absolute Gasteiger partial charge is 0.481 e. The summed E-state index contributed by atoms with van der Waals surface area (Å²) in [4.78, 5) is 24.5. The Kier molecular flexibility index (Phi) is 6.15. The highest BCUT2D eigenvalue weighted by Crippen LogP contribution is 2.53. The number of nitrogens with one attached hydrogen (secondary N) is 1. The fourth-order valence-corrected chi connectivity index (χ4v) is 5.29. The van der Waals surface area contributed by atoms with E-state index >= 15 is 0 Å². The highest BCUT2D eigenvalue weighted by Gasteiger charge is 2.55. The zero-order valence-corrected chi connectivity index (χ0v) is 19.5. The number of amides is 1. The maximum atomic E-state index is 14.3. The number of carbonyl (C=O) groups excluding carboxylic acids is 1. The first-order chi connectivity index (χ1) is 16.3. The van der Waals surface area contributed by atoms with Gasteiger partial charge in [0, 0.05) is 24.2 Å². The predicted molar refractivity (Wildman–Crippen MR) is 122 cm³/mol. The van der Waals surface area contributed by atoms with Crippen LogP contribution in [0.3, 0.4) is 0 Å². The van der Waals surface area contributed by atoms with Gasteiger partial charge in [-0.15, -0.1) is 0 Å². The van der Waals surface area contributed by atoms with Crippen molar-refractivity contribution in [2.75, 3.05) is 0 Å². The van der Waals surface area contributed by atoms with Gasteiger partial charge in [0.05, 0.1) is 23.1 Å². The Morgan fingerprint density at radius 3 is 2.29 bits per heavy atom. The van der Waals surface area contributed by atoms with E-state index in [-0.39, 0.29) is 36.4 Å². The van der Waals surface area contributed by atoms with Gasteiger partial charge in [-0.1, -0.05) is 32.9 Å². The number of aromatic nitrogens is 1. The van der Waals surface area contributed by atoms with Crippen LogP contribution in [0.15, 0.2) is 48.7 Å².